The Hall–Kier alpha value is -3.42. The number of carbonyl (C=O) groups excluding carboxylic acids is 1. The van der Waals surface area contributed by atoms with Crippen molar-refractivity contribution in [2.75, 3.05) is 19.6 Å². The fraction of sp³-hybridized carbons (Fsp3) is 0.355. The van der Waals surface area contributed by atoms with Crippen LogP contribution in [0.4, 0.5) is 0 Å². The van der Waals surface area contributed by atoms with Crippen molar-refractivity contribution in [3.05, 3.63) is 95.1 Å². The molecule has 3 aromatic carbocycles. The molecule has 0 aromatic heterocycles. The number of amides is 1. The van der Waals surface area contributed by atoms with Gasteiger partial charge >= 0.3 is 0 Å². The number of nitriles is 1. The van der Waals surface area contributed by atoms with Crippen molar-refractivity contribution in [3.8, 4) is 17.2 Å². The van der Waals surface area contributed by atoms with Crippen molar-refractivity contribution in [1.29, 1.82) is 5.26 Å². The van der Waals surface area contributed by atoms with Crippen LogP contribution in [0.1, 0.15) is 59.7 Å². The van der Waals surface area contributed by atoms with Gasteiger partial charge in [0.2, 0.25) is 0 Å². The number of hydrogen-bond donors (Lipinski definition) is 1. The Labute approximate surface area is 209 Å². The first kappa shape index (κ1) is 24.7. The summed E-state index contributed by atoms with van der Waals surface area (Å²) in [5, 5.41) is 12.5. The number of fused-ring (bicyclic) bond motifs is 1. The van der Waals surface area contributed by atoms with E-state index in [2.05, 4.69) is 41.4 Å². The van der Waals surface area contributed by atoms with Crippen LogP contribution in [0.5, 0.6) is 0 Å². The lowest BCUT2D eigenvalue weighted by atomic mass is 9.85. The number of nitrogens with one attached hydrogen (secondary N) is 1. The zero-order valence-corrected chi connectivity index (χ0v) is 20.7. The second-order valence-electron chi connectivity index (χ2n) is 9.39. The standard InChI is InChI=1S/C31H35N3O/c1-2-20-34(29-17-18-30-27(22-29)11-8-12-28(30)23-32)21-7-6-19-33-31(35)26-15-13-25(14-16-26)24-9-4-3-5-10-24/h3-5,8-16,29H,2,6-7,17-22H2,1H3,(H,33,35)/t29-/m1/s1. The van der Waals surface area contributed by atoms with Crippen LogP contribution in [0.3, 0.4) is 0 Å². The molecule has 0 aliphatic heterocycles. The first-order chi connectivity index (χ1) is 17.2. The summed E-state index contributed by atoms with van der Waals surface area (Å²) in [4.78, 5) is 15.2. The first-order valence-electron chi connectivity index (χ1n) is 12.9. The molecule has 1 N–H and O–H groups in total. The lowest BCUT2D eigenvalue weighted by Gasteiger charge is -2.35. The van der Waals surface area contributed by atoms with Gasteiger partial charge in [-0.1, -0.05) is 61.5 Å². The van der Waals surface area contributed by atoms with Gasteiger partial charge in [0.05, 0.1) is 11.6 Å². The van der Waals surface area contributed by atoms with Gasteiger partial charge in [-0.3, -0.25) is 4.79 Å². The zero-order valence-electron chi connectivity index (χ0n) is 20.7. The van der Waals surface area contributed by atoms with Crippen molar-refractivity contribution < 1.29 is 4.79 Å². The molecule has 35 heavy (non-hydrogen) atoms. The van der Waals surface area contributed by atoms with Crippen LogP contribution in [0.2, 0.25) is 0 Å². The summed E-state index contributed by atoms with van der Waals surface area (Å²) in [6.07, 6.45) is 6.30. The van der Waals surface area contributed by atoms with Crippen LogP contribution in [0, 0.1) is 11.3 Å². The minimum atomic E-state index is -0.00721. The average molecular weight is 466 g/mol. The molecule has 4 heteroatoms. The number of hydrogen-bond acceptors (Lipinski definition) is 3. The number of rotatable bonds is 10. The van der Waals surface area contributed by atoms with E-state index in [0.29, 0.717) is 18.2 Å². The number of nitrogens with zero attached hydrogens (tertiary/aromatic N) is 2. The van der Waals surface area contributed by atoms with E-state index in [9.17, 15) is 10.1 Å². The molecule has 3 aromatic rings. The van der Waals surface area contributed by atoms with Gasteiger partial charge in [0.15, 0.2) is 0 Å². The van der Waals surface area contributed by atoms with Crippen molar-refractivity contribution >= 4 is 5.91 Å². The van der Waals surface area contributed by atoms with E-state index in [1.54, 1.807) is 0 Å². The third-order valence-electron chi connectivity index (χ3n) is 7.02. The Bertz CT molecular complexity index is 1150. The second-order valence-corrected chi connectivity index (χ2v) is 9.39. The molecule has 0 spiro atoms. The van der Waals surface area contributed by atoms with Gasteiger partial charge in [-0.15, -0.1) is 0 Å². The molecular weight excluding hydrogens is 430 g/mol. The normalized spacial score (nSPS) is 14.8. The third-order valence-corrected chi connectivity index (χ3v) is 7.02. The Morgan fingerprint density at radius 2 is 1.74 bits per heavy atom. The van der Waals surface area contributed by atoms with E-state index in [1.807, 2.05) is 54.6 Å². The van der Waals surface area contributed by atoms with E-state index < -0.39 is 0 Å². The molecule has 1 aliphatic rings. The van der Waals surface area contributed by atoms with E-state index in [4.69, 9.17) is 0 Å². The molecule has 0 unspecified atom stereocenters. The average Bonchev–Trinajstić information content (AvgIpc) is 2.92. The maximum Gasteiger partial charge on any atom is 0.251 e. The highest BCUT2D eigenvalue weighted by Crippen LogP contribution is 2.27. The third kappa shape index (κ3) is 6.38. The highest BCUT2D eigenvalue weighted by atomic mass is 16.1. The molecule has 1 atom stereocenters. The summed E-state index contributed by atoms with van der Waals surface area (Å²) in [6, 6.07) is 27.1. The van der Waals surface area contributed by atoms with Crippen molar-refractivity contribution in [2.24, 2.45) is 0 Å². The minimum Gasteiger partial charge on any atom is -0.352 e. The Kier molecular flexibility index (Phi) is 8.70. The number of unbranched alkanes of at least 4 members (excludes halogenated alkanes) is 1. The largest absolute Gasteiger partial charge is 0.352 e. The van der Waals surface area contributed by atoms with Crippen LogP contribution < -0.4 is 5.32 Å². The van der Waals surface area contributed by atoms with Crippen molar-refractivity contribution in [1.82, 2.24) is 10.2 Å². The highest BCUT2D eigenvalue weighted by molar-refractivity contribution is 5.94. The van der Waals surface area contributed by atoms with E-state index in [-0.39, 0.29) is 5.91 Å². The van der Waals surface area contributed by atoms with Crippen molar-refractivity contribution in [3.63, 3.8) is 0 Å². The first-order valence-corrected chi connectivity index (χ1v) is 12.9. The molecule has 0 saturated carbocycles. The number of carbonyl (C=O) groups is 1. The van der Waals surface area contributed by atoms with Gasteiger partial charge in [0, 0.05) is 18.2 Å². The molecule has 4 rings (SSSR count). The van der Waals surface area contributed by atoms with Crippen LogP contribution in [-0.4, -0.2) is 36.5 Å². The van der Waals surface area contributed by atoms with E-state index in [0.717, 1.165) is 68.3 Å². The lowest BCUT2D eigenvalue weighted by molar-refractivity contribution is 0.0952. The van der Waals surface area contributed by atoms with E-state index in [1.165, 1.54) is 11.1 Å². The molecule has 0 fully saturated rings. The van der Waals surface area contributed by atoms with Gasteiger partial charge < -0.3 is 10.2 Å². The topological polar surface area (TPSA) is 56.1 Å². The van der Waals surface area contributed by atoms with Gasteiger partial charge in [-0.05, 0) is 92.1 Å². The molecule has 180 valence electrons. The smallest absolute Gasteiger partial charge is 0.251 e. The molecule has 1 aliphatic carbocycles. The predicted molar refractivity (Wildman–Crippen MR) is 142 cm³/mol. The van der Waals surface area contributed by atoms with Gasteiger partial charge in [0.25, 0.3) is 5.91 Å². The summed E-state index contributed by atoms with van der Waals surface area (Å²) in [6.45, 7) is 5.07. The molecule has 0 radical (unpaired) electrons. The minimum absolute atomic E-state index is 0.00721. The fourth-order valence-corrected chi connectivity index (χ4v) is 5.16. The highest BCUT2D eigenvalue weighted by Gasteiger charge is 2.25. The van der Waals surface area contributed by atoms with Crippen LogP contribution >= 0.6 is 0 Å². The van der Waals surface area contributed by atoms with Gasteiger partial charge in [-0.25, -0.2) is 0 Å². The van der Waals surface area contributed by atoms with Crippen LogP contribution in [0.15, 0.2) is 72.8 Å². The fourth-order valence-electron chi connectivity index (χ4n) is 5.16. The van der Waals surface area contributed by atoms with E-state index >= 15 is 0 Å². The Balaban J connectivity index is 1.23. The SMILES string of the molecule is CCCN(CCCCNC(=O)c1ccc(-c2ccccc2)cc1)[C@@H]1CCc2c(C#N)cccc2C1. The molecule has 0 bridgehead atoms. The maximum atomic E-state index is 12.6. The quantitative estimate of drug-likeness (QED) is 0.373. The monoisotopic (exact) mass is 465 g/mol. The molecule has 0 heterocycles. The summed E-state index contributed by atoms with van der Waals surface area (Å²) in [5.74, 6) is -0.00721. The molecular formula is C31H35N3O. The molecule has 4 nitrogen and oxygen atoms in total. The second kappa shape index (κ2) is 12.3. The summed E-state index contributed by atoms with van der Waals surface area (Å²) >= 11 is 0. The van der Waals surface area contributed by atoms with Gasteiger partial charge in [-0.2, -0.15) is 5.26 Å². The number of benzene rings is 3. The maximum absolute atomic E-state index is 12.6. The summed E-state index contributed by atoms with van der Waals surface area (Å²) in [7, 11) is 0. The lowest BCUT2D eigenvalue weighted by Crippen LogP contribution is -2.40. The Morgan fingerprint density at radius 3 is 2.49 bits per heavy atom. The van der Waals surface area contributed by atoms with Crippen molar-refractivity contribution in [2.45, 2.75) is 51.5 Å². The Morgan fingerprint density at radius 1 is 0.971 bits per heavy atom. The molecule has 1 amide bonds. The molecule has 0 saturated heterocycles. The zero-order chi connectivity index (χ0) is 24.5. The predicted octanol–water partition coefficient (Wildman–Crippen LogP) is 6.00. The van der Waals surface area contributed by atoms with Gasteiger partial charge in [0.1, 0.15) is 0 Å². The van der Waals surface area contributed by atoms with Crippen LogP contribution in [0.25, 0.3) is 11.1 Å². The summed E-state index contributed by atoms with van der Waals surface area (Å²) in [5.41, 5.74) is 6.41. The van der Waals surface area contributed by atoms with Crippen LogP contribution in [-0.2, 0) is 12.8 Å². The summed E-state index contributed by atoms with van der Waals surface area (Å²) < 4.78 is 0.